The third-order valence-corrected chi connectivity index (χ3v) is 3.73. The van der Waals surface area contributed by atoms with Crippen LogP contribution in [0.25, 0.3) is 0 Å². The molecule has 21 heavy (non-hydrogen) atoms. The summed E-state index contributed by atoms with van der Waals surface area (Å²) in [5, 5.41) is 3.27. The van der Waals surface area contributed by atoms with Gasteiger partial charge in [-0.25, -0.2) is 8.78 Å². The zero-order chi connectivity index (χ0) is 15.4. The molecule has 1 aliphatic rings. The molecule has 0 amide bonds. The van der Waals surface area contributed by atoms with Crippen LogP contribution in [0.2, 0.25) is 0 Å². The number of anilines is 1. The Morgan fingerprint density at radius 1 is 1.10 bits per heavy atom. The standard InChI is InChI=1S/C16H25F2N3/c1-20(2)7-4-8-21(3)16-14(17)9-12(10-15(16)18)11-19-13-5-6-13/h9-10,13,19H,4-8,11H2,1-3H3. The number of nitrogens with one attached hydrogen (secondary N) is 1. The molecule has 0 bridgehead atoms. The van der Waals surface area contributed by atoms with Gasteiger partial charge in [-0.2, -0.15) is 0 Å². The van der Waals surface area contributed by atoms with Crippen LogP contribution >= 0.6 is 0 Å². The first-order valence-corrected chi connectivity index (χ1v) is 7.54. The van der Waals surface area contributed by atoms with Gasteiger partial charge in [0.05, 0.1) is 0 Å². The van der Waals surface area contributed by atoms with Crippen LogP contribution in [0.5, 0.6) is 0 Å². The molecule has 1 aromatic rings. The van der Waals surface area contributed by atoms with Crippen molar-refractivity contribution in [3.63, 3.8) is 0 Å². The molecule has 1 aromatic carbocycles. The van der Waals surface area contributed by atoms with Crippen LogP contribution < -0.4 is 10.2 Å². The Kier molecular flexibility index (Phi) is 5.53. The topological polar surface area (TPSA) is 18.5 Å². The molecule has 0 aromatic heterocycles. The van der Waals surface area contributed by atoms with E-state index in [-0.39, 0.29) is 5.69 Å². The van der Waals surface area contributed by atoms with E-state index >= 15 is 0 Å². The molecule has 1 fully saturated rings. The Morgan fingerprint density at radius 2 is 1.71 bits per heavy atom. The maximum atomic E-state index is 14.2. The Labute approximate surface area is 125 Å². The number of benzene rings is 1. The maximum Gasteiger partial charge on any atom is 0.149 e. The van der Waals surface area contributed by atoms with Gasteiger partial charge in [0.15, 0.2) is 0 Å². The lowest BCUT2D eigenvalue weighted by Crippen LogP contribution is -2.25. The molecular weight excluding hydrogens is 272 g/mol. The second kappa shape index (κ2) is 7.18. The fourth-order valence-corrected chi connectivity index (χ4v) is 2.37. The maximum absolute atomic E-state index is 14.2. The molecule has 3 nitrogen and oxygen atoms in total. The summed E-state index contributed by atoms with van der Waals surface area (Å²) in [4.78, 5) is 3.72. The van der Waals surface area contributed by atoms with E-state index in [1.165, 1.54) is 12.1 Å². The summed E-state index contributed by atoms with van der Waals surface area (Å²) in [6.07, 6.45) is 3.20. The lowest BCUT2D eigenvalue weighted by Gasteiger charge is -2.22. The molecule has 0 radical (unpaired) electrons. The van der Waals surface area contributed by atoms with Crippen molar-refractivity contribution in [3.05, 3.63) is 29.3 Å². The van der Waals surface area contributed by atoms with E-state index in [1.54, 1.807) is 11.9 Å². The normalized spacial score (nSPS) is 14.8. The van der Waals surface area contributed by atoms with Crippen molar-refractivity contribution in [2.45, 2.75) is 31.8 Å². The third-order valence-electron chi connectivity index (χ3n) is 3.73. The molecule has 1 saturated carbocycles. The van der Waals surface area contributed by atoms with Gasteiger partial charge in [-0.15, -0.1) is 0 Å². The van der Waals surface area contributed by atoms with Crippen molar-refractivity contribution in [2.75, 3.05) is 39.1 Å². The number of nitrogens with zero attached hydrogens (tertiary/aromatic N) is 2. The Hall–Kier alpha value is -1.20. The summed E-state index contributed by atoms with van der Waals surface area (Å²) < 4.78 is 28.3. The lowest BCUT2D eigenvalue weighted by molar-refractivity contribution is 0.401. The van der Waals surface area contributed by atoms with Crippen LogP contribution in [0.3, 0.4) is 0 Å². The Balaban J connectivity index is 1.97. The average Bonchev–Trinajstić information content (AvgIpc) is 3.19. The minimum atomic E-state index is -0.477. The second-order valence-corrected chi connectivity index (χ2v) is 6.14. The number of hydrogen-bond donors (Lipinski definition) is 1. The molecule has 2 rings (SSSR count). The highest BCUT2D eigenvalue weighted by molar-refractivity contribution is 5.50. The van der Waals surface area contributed by atoms with Gasteiger partial charge < -0.3 is 15.1 Å². The number of halogens is 2. The van der Waals surface area contributed by atoms with Crippen LogP contribution in [0.4, 0.5) is 14.5 Å². The second-order valence-electron chi connectivity index (χ2n) is 6.14. The summed E-state index contributed by atoms with van der Waals surface area (Å²) in [5.41, 5.74) is 0.742. The molecule has 1 N–H and O–H groups in total. The molecule has 0 spiro atoms. The molecule has 0 atom stereocenters. The molecular formula is C16H25F2N3. The summed E-state index contributed by atoms with van der Waals surface area (Å²) in [5.74, 6) is -0.954. The van der Waals surface area contributed by atoms with E-state index in [9.17, 15) is 8.78 Å². The summed E-state index contributed by atoms with van der Waals surface area (Å²) in [6, 6.07) is 3.41. The van der Waals surface area contributed by atoms with Crippen LogP contribution in [0.1, 0.15) is 24.8 Å². The fraction of sp³-hybridized carbons (Fsp3) is 0.625. The quantitative estimate of drug-likeness (QED) is 0.796. The van der Waals surface area contributed by atoms with E-state index in [4.69, 9.17) is 0 Å². The molecule has 0 heterocycles. The van der Waals surface area contributed by atoms with Crippen LogP contribution in [-0.2, 0) is 6.54 Å². The van der Waals surface area contributed by atoms with Gasteiger partial charge in [0, 0.05) is 26.2 Å². The highest BCUT2D eigenvalue weighted by Gasteiger charge is 2.21. The van der Waals surface area contributed by atoms with Gasteiger partial charge in [0.2, 0.25) is 0 Å². The van der Waals surface area contributed by atoms with Crippen molar-refractivity contribution in [3.8, 4) is 0 Å². The monoisotopic (exact) mass is 297 g/mol. The van der Waals surface area contributed by atoms with E-state index in [2.05, 4.69) is 10.2 Å². The minimum absolute atomic E-state index is 0.0731. The van der Waals surface area contributed by atoms with Crippen molar-refractivity contribution < 1.29 is 8.78 Å². The van der Waals surface area contributed by atoms with Gasteiger partial charge in [-0.05, 0) is 57.6 Å². The molecule has 0 unspecified atom stereocenters. The molecule has 1 aliphatic carbocycles. The first-order chi connectivity index (χ1) is 9.97. The highest BCUT2D eigenvalue weighted by Crippen LogP contribution is 2.25. The van der Waals surface area contributed by atoms with Gasteiger partial charge >= 0.3 is 0 Å². The predicted molar refractivity (Wildman–Crippen MR) is 82.7 cm³/mol. The van der Waals surface area contributed by atoms with E-state index in [1.807, 2.05) is 14.1 Å². The van der Waals surface area contributed by atoms with Crippen LogP contribution in [0, 0.1) is 11.6 Å². The van der Waals surface area contributed by atoms with E-state index in [0.29, 0.717) is 24.7 Å². The van der Waals surface area contributed by atoms with Crippen molar-refractivity contribution in [1.29, 1.82) is 0 Å². The van der Waals surface area contributed by atoms with Gasteiger partial charge in [0.25, 0.3) is 0 Å². The highest BCUT2D eigenvalue weighted by atomic mass is 19.1. The number of hydrogen-bond acceptors (Lipinski definition) is 3. The smallest absolute Gasteiger partial charge is 0.149 e. The van der Waals surface area contributed by atoms with Gasteiger partial charge in [-0.3, -0.25) is 0 Å². The summed E-state index contributed by atoms with van der Waals surface area (Å²) in [6.45, 7) is 2.06. The van der Waals surface area contributed by atoms with Crippen molar-refractivity contribution >= 4 is 5.69 Å². The fourth-order valence-electron chi connectivity index (χ4n) is 2.37. The van der Waals surface area contributed by atoms with Crippen molar-refractivity contribution in [2.24, 2.45) is 0 Å². The minimum Gasteiger partial charge on any atom is -0.370 e. The third kappa shape index (κ3) is 4.93. The zero-order valence-corrected chi connectivity index (χ0v) is 13.1. The van der Waals surface area contributed by atoms with Crippen LogP contribution in [-0.4, -0.2) is 45.2 Å². The summed E-state index contributed by atoms with van der Waals surface area (Å²) >= 11 is 0. The zero-order valence-electron chi connectivity index (χ0n) is 13.1. The van der Waals surface area contributed by atoms with Crippen molar-refractivity contribution in [1.82, 2.24) is 10.2 Å². The Morgan fingerprint density at radius 3 is 2.24 bits per heavy atom. The first kappa shape index (κ1) is 16.2. The van der Waals surface area contributed by atoms with E-state index in [0.717, 1.165) is 25.8 Å². The van der Waals surface area contributed by atoms with Gasteiger partial charge in [0.1, 0.15) is 17.3 Å². The molecule has 0 saturated heterocycles. The average molecular weight is 297 g/mol. The number of rotatable bonds is 8. The summed E-state index contributed by atoms with van der Waals surface area (Å²) in [7, 11) is 5.71. The first-order valence-electron chi connectivity index (χ1n) is 7.54. The van der Waals surface area contributed by atoms with Crippen LogP contribution in [0.15, 0.2) is 12.1 Å². The molecule has 5 heteroatoms. The lowest BCUT2D eigenvalue weighted by atomic mass is 10.1. The van der Waals surface area contributed by atoms with Gasteiger partial charge in [-0.1, -0.05) is 0 Å². The molecule has 118 valence electrons. The van der Waals surface area contributed by atoms with E-state index < -0.39 is 11.6 Å². The predicted octanol–water partition coefficient (Wildman–Crippen LogP) is 2.60. The largest absolute Gasteiger partial charge is 0.370 e. The SMILES string of the molecule is CN(C)CCCN(C)c1c(F)cc(CNC2CC2)cc1F. The molecule has 0 aliphatic heterocycles. The Bertz CT molecular complexity index is 450.